The van der Waals surface area contributed by atoms with Gasteiger partial charge in [0, 0.05) is 24.6 Å². The fourth-order valence-corrected chi connectivity index (χ4v) is 2.72. The number of halogens is 1. The van der Waals surface area contributed by atoms with Gasteiger partial charge in [-0.3, -0.25) is 4.90 Å². The van der Waals surface area contributed by atoms with Gasteiger partial charge in [0.15, 0.2) is 0 Å². The van der Waals surface area contributed by atoms with E-state index in [4.69, 9.17) is 5.73 Å². The summed E-state index contributed by atoms with van der Waals surface area (Å²) in [6.07, 6.45) is 5.11. The number of hydrogen-bond donors (Lipinski definition) is 1. The molecule has 1 aromatic heterocycles. The highest BCUT2D eigenvalue weighted by atomic mass is 35.5. The second-order valence-corrected chi connectivity index (χ2v) is 5.17. The van der Waals surface area contributed by atoms with Gasteiger partial charge in [0.2, 0.25) is 0 Å². The van der Waals surface area contributed by atoms with E-state index < -0.39 is 0 Å². The van der Waals surface area contributed by atoms with Crippen molar-refractivity contribution in [3.05, 3.63) is 48.5 Å². The van der Waals surface area contributed by atoms with Crippen molar-refractivity contribution in [1.29, 1.82) is 0 Å². The lowest BCUT2D eigenvalue weighted by atomic mass is 10.1. The maximum absolute atomic E-state index is 5.74. The van der Waals surface area contributed by atoms with Gasteiger partial charge in [-0.2, -0.15) is 0 Å². The third-order valence-electron chi connectivity index (χ3n) is 3.82. The number of nitrogens with zero attached hydrogens (tertiary/aromatic N) is 3. The van der Waals surface area contributed by atoms with Crippen LogP contribution in [0.1, 0.15) is 12.2 Å². The van der Waals surface area contributed by atoms with Gasteiger partial charge in [-0.25, -0.2) is 4.98 Å². The van der Waals surface area contributed by atoms with Crippen molar-refractivity contribution in [2.75, 3.05) is 19.6 Å². The lowest BCUT2D eigenvalue weighted by Gasteiger charge is -2.16. The number of imidazole rings is 1. The largest absolute Gasteiger partial charge is 0.330 e. The predicted molar refractivity (Wildman–Crippen MR) is 83.3 cm³/mol. The fourth-order valence-electron chi connectivity index (χ4n) is 2.72. The van der Waals surface area contributed by atoms with Crippen molar-refractivity contribution in [2.45, 2.75) is 13.0 Å². The number of benzene rings is 1. The van der Waals surface area contributed by atoms with Crippen molar-refractivity contribution in [3.8, 4) is 5.69 Å². The first kappa shape index (κ1) is 15.0. The molecular formula is C15H21ClN4. The van der Waals surface area contributed by atoms with Crippen LogP contribution >= 0.6 is 12.4 Å². The van der Waals surface area contributed by atoms with Crippen LogP contribution in [-0.2, 0) is 6.54 Å². The van der Waals surface area contributed by atoms with Gasteiger partial charge in [-0.05, 0) is 37.6 Å². The van der Waals surface area contributed by atoms with Gasteiger partial charge in [0.05, 0.1) is 6.54 Å². The highest BCUT2D eigenvalue weighted by Crippen LogP contribution is 2.18. The lowest BCUT2D eigenvalue weighted by Crippen LogP contribution is -2.24. The molecule has 1 atom stereocenters. The summed E-state index contributed by atoms with van der Waals surface area (Å²) in [4.78, 5) is 6.94. The zero-order valence-corrected chi connectivity index (χ0v) is 12.3. The Kier molecular flexibility index (Phi) is 5.17. The quantitative estimate of drug-likeness (QED) is 0.938. The fraction of sp³-hybridized carbons (Fsp3) is 0.400. The predicted octanol–water partition coefficient (Wildman–Crippen LogP) is 2.07. The first-order valence-electron chi connectivity index (χ1n) is 6.87. The molecule has 2 heterocycles. The van der Waals surface area contributed by atoms with Gasteiger partial charge in [-0.1, -0.05) is 18.2 Å². The Morgan fingerprint density at radius 1 is 1.25 bits per heavy atom. The Morgan fingerprint density at radius 3 is 2.75 bits per heavy atom. The van der Waals surface area contributed by atoms with Gasteiger partial charge in [0.25, 0.3) is 0 Å². The molecular weight excluding hydrogens is 272 g/mol. The lowest BCUT2D eigenvalue weighted by molar-refractivity contribution is 0.308. The highest BCUT2D eigenvalue weighted by molar-refractivity contribution is 5.85. The van der Waals surface area contributed by atoms with Crippen LogP contribution in [0.2, 0.25) is 0 Å². The van der Waals surface area contributed by atoms with Gasteiger partial charge >= 0.3 is 0 Å². The van der Waals surface area contributed by atoms with Crippen LogP contribution in [0.3, 0.4) is 0 Å². The number of rotatable bonds is 4. The summed E-state index contributed by atoms with van der Waals surface area (Å²) in [5.74, 6) is 1.75. The monoisotopic (exact) mass is 292 g/mol. The van der Waals surface area contributed by atoms with Crippen LogP contribution in [0.25, 0.3) is 5.69 Å². The molecule has 3 rings (SSSR count). The van der Waals surface area contributed by atoms with E-state index in [9.17, 15) is 0 Å². The minimum atomic E-state index is 0. The summed E-state index contributed by atoms with van der Waals surface area (Å²) in [6.45, 7) is 3.92. The molecule has 1 fully saturated rings. The van der Waals surface area contributed by atoms with Gasteiger partial charge < -0.3 is 10.3 Å². The first-order chi connectivity index (χ1) is 9.36. The minimum Gasteiger partial charge on any atom is -0.330 e. The summed E-state index contributed by atoms with van der Waals surface area (Å²) in [6, 6.07) is 10.4. The molecule has 5 heteroatoms. The molecule has 108 valence electrons. The molecule has 0 saturated carbocycles. The van der Waals surface area contributed by atoms with E-state index in [0.29, 0.717) is 5.92 Å². The molecule has 4 nitrogen and oxygen atoms in total. The molecule has 0 bridgehead atoms. The molecule has 2 N–H and O–H groups in total. The van der Waals surface area contributed by atoms with E-state index >= 15 is 0 Å². The number of aromatic nitrogens is 2. The molecule has 1 aromatic carbocycles. The molecule has 1 aliphatic heterocycles. The molecule has 0 aliphatic carbocycles. The third-order valence-corrected chi connectivity index (χ3v) is 3.82. The molecule has 0 amide bonds. The number of nitrogens with two attached hydrogens (primary N) is 1. The van der Waals surface area contributed by atoms with Crippen molar-refractivity contribution in [1.82, 2.24) is 14.5 Å². The number of para-hydroxylation sites is 1. The molecule has 2 aromatic rings. The SMILES string of the molecule is Cl.NCC1CCN(Cc2nccn2-c2ccccc2)C1. The van der Waals surface area contributed by atoms with Crippen LogP contribution in [0.4, 0.5) is 0 Å². The van der Waals surface area contributed by atoms with E-state index in [1.807, 2.05) is 18.5 Å². The van der Waals surface area contributed by atoms with Crippen molar-refractivity contribution >= 4 is 12.4 Å². The van der Waals surface area contributed by atoms with Crippen LogP contribution in [-0.4, -0.2) is 34.1 Å². The van der Waals surface area contributed by atoms with E-state index in [1.54, 1.807) is 0 Å². The normalized spacial score (nSPS) is 18.9. The standard InChI is InChI=1S/C15H20N4.ClH/c16-10-13-6-8-18(11-13)12-15-17-7-9-19(15)14-4-2-1-3-5-14;/h1-5,7,9,13H,6,8,10-12,16H2;1H. The summed E-state index contributed by atoms with van der Waals surface area (Å²) >= 11 is 0. The summed E-state index contributed by atoms with van der Waals surface area (Å²) < 4.78 is 2.16. The Morgan fingerprint density at radius 2 is 2.05 bits per heavy atom. The Labute approximate surface area is 126 Å². The molecule has 20 heavy (non-hydrogen) atoms. The zero-order chi connectivity index (χ0) is 13.1. The molecule has 0 spiro atoms. The second-order valence-electron chi connectivity index (χ2n) is 5.17. The Hall–Kier alpha value is -1.36. The number of likely N-dealkylation sites (tertiary alicyclic amines) is 1. The zero-order valence-electron chi connectivity index (χ0n) is 11.5. The van der Waals surface area contributed by atoms with Crippen molar-refractivity contribution in [3.63, 3.8) is 0 Å². The number of hydrogen-bond acceptors (Lipinski definition) is 3. The van der Waals surface area contributed by atoms with Crippen LogP contribution in [0.5, 0.6) is 0 Å². The van der Waals surface area contributed by atoms with Crippen LogP contribution in [0, 0.1) is 5.92 Å². The minimum absolute atomic E-state index is 0. The second kappa shape index (κ2) is 6.88. The Balaban J connectivity index is 0.00000147. The van der Waals surface area contributed by atoms with Crippen molar-refractivity contribution < 1.29 is 0 Å². The molecule has 0 radical (unpaired) electrons. The van der Waals surface area contributed by atoms with E-state index in [-0.39, 0.29) is 12.4 Å². The maximum atomic E-state index is 5.74. The highest BCUT2D eigenvalue weighted by Gasteiger charge is 2.22. The summed E-state index contributed by atoms with van der Waals surface area (Å²) in [7, 11) is 0. The van der Waals surface area contributed by atoms with Gasteiger partial charge in [0.1, 0.15) is 5.82 Å². The van der Waals surface area contributed by atoms with Gasteiger partial charge in [-0.15, -0.1) is 12.4 Å². The van der Waals surface area contributed by atoms with E-state index in [1.165, 1.54) is 12.1 Å². The van der Waals surface area contributed by atoms with Crippen LogP contribution in [0.15, 0.2) is 42.7 Å². The molecule has 1 aliphatic rings. The first-order valence-corrected chi connectivity index (χ1v) is 6.87. The van der Waals surface area contributed by atoms with Crippen molar-refractivity contribution in [2.24, 2.45) is 11.7 Å². The molecule has 1 saturated heterocycles. The maximum Gasteiger partial charge on any atom is 0.127 e. The van der Waals surface area contributed by atoms with E-state index in [0.717, 1.165) is 32.0 Å². The Bertz CT molecular complexity index is 526. The molecule has 1 unspecified atom stereocenters. The average Bonchev–Trinajstić information content (AvgIpc) is 3.09. The summed E-state index contributed by atoms with van der Waals surface area (Å²) in [5.41, 5.74) is 6.91. The average molecular weight is 293 g/mol. The summed E-state index contributed by atoms with van der Waals surface area (Å²) in [5, 5.41) is 0. The third kappa shape index (κ3) is 3.20. The topological polar surface area (TPSA) is 47.1 Å². The smallest absolute Gasteiger partial charge is 0.127 e. The van der Waals surface area contributed by atoms with E-state index in [2.05, 4.69) is 38.7 Å². The van der Waals surface area contributed by atoms with Crippen LogP contribution < -0.4 is 5.73 Å².